The lowest BCUT2D eigenvalue weighted by Gasteiger charge is -2.16. The molecule has 5 nitrogen and oxygen atoms in total. The summed E-state index contributed by atoms with van der Waals surface area (Å²) >= 11 is 3.43. The van der Waals surface area contributed by atoms with Crippen LogP contribution < -0.4 is 5.32 Å². The fourth-order valence-corrected chi connectivity index (χ4v) is 3.06. The van der Waals surface area contributed by atoms with Crippen LogP contribution in [0.1, 0.15) is 18.4 Å². The summed E-state index contributed by atoms with van der Waals surface area (Å²) in [6.07, 6.45) is 8.64. The molecule has 3 aromatic rings. The van der Waals surface area contributed by atoms with Crippen LogP contribution in [0.5, 0.6) is 0 Å². The van der Waals surface area contributed by atoms with Crippen molar-refractivity contribution in [2.24, 2.45) is 0 Å². The van der Waals surface area contributed by atoms with Gasteiger partial charge in [0, 0.05) is 16.9 Å². The third kappa shape index (κ3) is 2.73. The minimum atomic E-state index is -0.399. The molecule has 0 aliphatic heterocycles. The van der Waals surface area contributed by atoms with Crippen LogP contribution in [0.2, 0.25) is 0 Å². The molecule has 1 N–H and O–H groups in total. The SMILES string of the molecule is O=C(Nc1ccc(-n2ccnc2)nc1)C1(c2ccc(Br)cc2)CC1. The number of pyridine rings is 1. The molecule has 4 rings (SSSR count). The van der Waals surface area contributed by atoms with Crippen molar-refractivity contribution in [3.8, 4) is 5.82 Å². The fraction of sp³-hybridized carbons (Fsp3) is 0.167. The molecule has 1 aliphatic rings. The Morgan fingerprint density at radius 1 is 1.17 bits per heavy atom. The van der Waals surface area contributed by atoms with Gasteiger partial charge >= 0.3 is 0 Å². The van der Waals surface area contributed by atoms with Gasteiger partial charge in [0.2, 0.25) is 5.91 Å². The summed E-state index contributed by atoms with van der Waals surface area (Å²) in [6, 6.07) is 11.7. The Morgan fingerprint density at radius 3 is 2.54 bits per heavy atom. The van der Waals surface area contributed by atoms with Crippen molar-refractivity contribution in [2.45, 2.75) is 18.3 Å². The molecule has 120 valence electrons. The first-order valence-corrected chi connectivity index (χ1v) is 8.49. The number of nitrogens with one attached hydrogen (secondary N) is 1. The summed E-state index contributed by atoms with van der Waals surface area (Å²) in [7, 11) is 0. The van der Waals surface area contributed by atoms with Gasteiger partial charge < -0.3 is 5.32 Å². The summed E-state index contributed by atoms with van der Waals surface area (Å²) in [5, 5.41) is 2.99. The van der Waals surface area contributed by atoms with Crippen molar-refractivity contribution >= 4 is 27.5 Å². The van der Waals surface area contributed by atoms with Crippen LogP contribution in [0.15, 0.2) is 65.8 Å². The van der Waals surface area contributed by atoms with Crippen molar-refractivity contribution in [3.63, 3.8) is 0 Å². The summed E-state index contributed by atoms with van der Waals surface area (Å²) < 4.78 is 2.83. The second-order valence-electron chi connectivity index (χ2n) is 5.92. The van der Waals surface area contributed by atoms with Crippen molar-refractivity contribution in [3.05, 3.63) is 71.4 Å². The third-order valence-corrected chi connectivity index (χ3v) is 4.88. The summed E-state index contributed by atoms with van der Waals surface area (Å²) in [6.45, 7) is 0. The number of hydrogen-bond donors (Lipinski definition) is 1. The molecule has 2 aromatic heterocycles. The van der Waals surface area contributed by atoms with Gasteiger partial charge in [0.1, 0.15) is 12.1 Å². The molecule has 1 aliphatic carbocycles. The lowest BCUT2D eigenvalue weighted by molar-refractivity contribution is -0.118. The van der Waals surface area contributed by atoms with E-state index in [-0.39, 0.29) is 5.91 Å². The van der Waals surface area contributed by atoms with E-state index >= 15 is 0 Å². The van der Waals surface area contributed by atoms with Gasteiger partial charge in [-0.15, -0.1) is 0 Å². The highest BCUT2D eigenvalue weighted by Gasteiger charge is 2.51. The number of benzene rings is 1. The van der Waals surface area contributed by atoms with Crippen molar-refractivity contribution < 1.29 is 4.79 Å². The molecule has 1 aromatic carbocycles. The molecule has 0 saturated heterocycles. The number of amides is 1. The number of halogens is 1. The van der Waals surface area contributed by atoms with E-state index in [1.807, 2.05) is 47.2 Å². The van der Waals surface area contributed by atoms with Crippen LogP contribution in [0, 0.1) is 0 Å². The van der Waals surface area contributed by atoms with Crippen LogP contribution in [0.25, 0.3) is 5.82 Å². The maximum atomic E-state index is 12.7. The predicted molar refractivity (Wildman–Crippen MR) is 95.0 cm³/mol. The first kappa shape index (κ1) is 15.1. The van der Waals surface area contributed by atoms with Gasteiger partial charge in [0.25, 0.3) is 0 Å². The molecular weight excluding hydrogens is 368 g/mol. The Labute approximate surface area is 147 Å². The topological polar surface area (TPSA) is 59.8 Å². The third-order valence-electron chi connectivity index (χ3n) is 4.36. The lowest BCUT2D eigenvalue weighted by Crippen LogP contribution is -2.27. The van der Waals surface area contributed by atoms with Crippen molar-refractivity contribution in [1.29, 1.82) is 0 Å². The Balaban J connectivity index is 1.51. The molecule has 6 heteroatoms. The monoisotopic (exact) mass is 382 g/mol. The summed E-state index contributed by atoms with van der Waals surface area (Å²) in [5.74, 6) is 0.793. The molecule has 1 amide bonds. The van der Waals surface area contributed by atoms with E-state index in [1.54, 1.807) is 18.7 Å². The molecule has 0 unspecified atom stereocenters. The number of rotatable bonds is 4. The van der Waals surface area contributed by atoms with Crippen molar-refractivity contribution in [2.75, 3.05) is 5.32 Å². The van der Waals surface area contributed by atoms with E-state index in [0.717, 1.165) is 28.7 Å². The first-order chi connectivity index (χ1) is 11.7. The largest absolute Gasteiger partial charge is 0.324 e. The smallest absolute Gasteiger partial charge is 0.235 e. The number of aromatic nitrogens is 3. The average Bonchev–Trinajstić information content (AvgIpc) is 3.23. The van der Waals surface area contributed by atoms with Crippen LogP contribution in [0.4, 0.5) is 5.69 Å². The molecule has 24 heavy (non-hydrogen) atoms. The molecule has 0 spiro atoms. The van der Waals surface area contributed by atoms with Gasteiger partial charge in [-0.1, -0.05) is 28.1 Å². The number of imidazole rings is 1. The minimum Gasteiger partial charge on any atom is -0.324 e. The van der Waals surface area contributed by atoms with Crippen LogP contribution in [0.3, 0.4) is 0 Å². The van der Waals surface area contributed by atoms with Gasteiger partial charge in [-0.05, 0) is 42.7 Å². The van der Waals surface area contributed by atoms with Gasteiger partial charge in [-0.2, -0.15) is 0 Å². The highest BCUT2D eigenvalue weighted by Crippen LogP contribution is 2.49. The number of carbonyl (C=O) groups excluding carboxylic acids is 1. The molecule has 0 radical (unpaired) electrons. The zero-order chi connectivity index (χ0) is 16.6. The lowest BCUT2D eigenvalue weighted by atomic mass is 9.95. The van der Waals surface area contributed by atoms with E-state index < -0.39 is 5.41 Å². The summed E-state index contributed by atoms with van der Waals surface area (Å²) in [5.41, 5.74) is 1.36. The number of carbonyl (C=O) groups is 1. The number of hydrogen-bond acceptors (Lipinski definition) is 3. The second-order valence-corrected chi connectivity index (χ2v) is 6.83. The minimum absolute atomic E-state index is 0.0296. The quantitative estimate of drug-likeness (QED) is 0.748. The molecule has 1 saturated carbocycles. The zero-order valence-electron chi connectivity index (χ0n) is 12.8. The predicted octanol–water partition coefficient (Wildman–Crippen LogP) is 3.70. The van der Waals surface area contributed by atoms with E-state index in [9.17, 15) is 4.79 Å². The van der Waals surface area contributed by atoms with Crippen molar-refractivity contribution in [1.82, 2.24) is 14.5 Å². The second kappa shape index (κ2) is 5.87. The fourth-order valence-electron chi connectivity index (χ4n) is 2.80. The van der Waals surface area contributed by atoms with E-state index in [2.05, 4.69) is 31.2 Å². The van der Waals surface area contributed by atoms with Crippen LogP contribution >= 0.6 is 15.9 Å². The Hall–Kier alpha value is -2.47. The number of nitrogens with zero attached hydrogens (tertiary/aromatic N) is 3. The van der Waals surface area contributed by atoms with Gasteiger partial charge in [0.05, 0.1) is 17.3 Å². The van der Waals surface area contributed by atoms with Crippen LogP contribution in [-0.4, -0.2) is 20.4 Å². The molecule has 0 atom stereocenters. The van der Waals surface area contributed by atoms with Gasteiger partial charge in [-0.25, -0.2) is 9.97 Å². The zero-order valence-corrected chi connectivity index (χ0v) is 14.4. The first-order valence-electron chi connectivity index (χ1n) is 7.69. The Morgan fingerprint density at radius 2 is 1.96 bits per heavy atom. The normalized spacial score (nSPS) is 15.0. The van der Waals surface area contributed by atoms with Crippen LogP contribution in [-0.2, 0) is 10.2 Å². The highest BCUT2D eigenvalue weighted by atomic mass is 79.9. The molecule has 0 bridgehead atoms. The van der Waals surface area contributed by atoms with Gasteiger partial charge in [0.15, 0.2) is 0 Å². The van der Waals surface area contributed by atoms with E-state index in [4.69, 9.17) is 0 Å². The molecule has 2 heterocycles. The average molecular weight is 383 g/mol. The standard InChI is InChI=1S/C18H15BrN4O/c19-14-3-1-13(2-4-14)18(7-8-18)17(24)22-15-5-6-16(21-11-15)23-10-9-20-12-23/h1-6,9-12H,7-8H2,(H,22,24). The van der Waals surface area contributed by atoms with Gasteiger partial charge in [-0.3, -0.25) is 9.36 Å². The maximum Gasteiger partial charge on any atom is 0.235 e. The summed E-state index contributed by atoms with van der Waals surface area (Å²) in [4.78, 5) is 21.1. The molecular formula is C18H15BrN4O. The van der Waals surface area contributed by atoms with E-state index in [1.165, 1.54) is 0 Å². The Bertz CT molecular complexity index is 853. The highest BCUT2D eigenvalue weighted by molar-refractivity contribution is 9.10. The van der Waals surface area contributed by atoms with E-state index in [0.29, 0.717) is 5.69 Å². The number of anilines is 1. The Kier molecular flexibility index (Phi) is 3.69. The molecule has 1 fully saturated rings. The maximum absolute atomic E-state index is 12.7.